The molecule has 2 rings (SSSR count). The zero-order valence-electron chi connectivity index (χ0n) is 9.84. The Morgan fingerprint density at radius 2 is 2.18 bits per heavy atom. The van der Waals surface area contributed by atoms with Gasteiger partial charge in [-0.25, -0.2) is 4.79 Å². The molecule has 0 radical (unpaired) electrons. The molecule has 1 atom stereocenters. The molecule has 1 aromatic carbocycles. The molecule has 0 aliphatic carbocycles. The lowest BCUT2D eigenvalue weighted by Gasteiger charge is -2.16. The van der Waals surface area contributed by atoms with Gasteiger partial charge < -0.3 is 15.4 Å². The second kappa shape index (κ2) is 5.68. The fourth-order valence-electron chi connectivity index (χ4n) is 2.00. The maximum atomic E-state index is 11.7. The summed E-state index contributed by atoms with van der Waals surface area (Å²) in [5.74, 6) is 0.430. The van der Waals surface area contributed by atoms with E-state index in [-0.39, 0.29) is 6.09 Å². The standard InChI is InChI=1S/C13H18N2O2/c14-8-12-6-7-15(9-12)13(16)17-10-11-4-2-1-3-5-11/h1-5,12H,6-10,14H2. The summed E-state index contributed by atoms with van der Waals surface area (Å²) in [6.45, 7) is 2.46. The predicted molar refractivity (Wildman–Crippen MR) is 65.4 cm³/mol. The second-order valence-electron chi connectivity index (χ2n) is 4.38. The molecule has 0 saturated carbocycles. The minimum absolute atomic E-state index is 0.232. The van der Waals surface area contributed by atoms with E-state index in [0.29, 0.717) is 19.1 Å². The summed E-state index contributed by atoms with van der Waals surface area (Å²) in [6, 6.07) is 9.70. The Morgan fingerprint density at radius 3 is 2.82 bits per heavy atom. The Balaban J connectivity index is 1.78. The number of carbonyl (C=O) groups excluding carboxylic acids is 1. The van der Waals surface area contributed by atoms with Crippen LogP contribution in [0.3, 0.4) is 0 Å². The van der Waals surface area contributed by atoms with Gasteiger partial charge in [0.25, 0.3) is 0 Å². The molecule has 0 aromatic heterocycles. The first-order valence-corrected chi connectivity index (χ1v) is 5.95. The maximum Gasteiger partial charge on any atom is 0.410 e. The van der Waals surface area contributed by atoms with E-state index in [4.69, 9.17) is 10.5 Å². The van der Waals surface area contributed by atoms with Gasteiger partial charge in [-0.2, -0.15) is 0 Å². The second-order valence-corrected chi connectivity index (χ2v) is 4.38. The summed E-state index contributed by atoms with van der Waals surface area (Å²) in [4.78, 5) is 13.5. The number of rotatable bonds is 3. The topological polar surface area (TPSA) is 55.6 Å². The van der Waals surface area contributed by atoms with Crippen molar-refractivity contribution in [3.63, 3.8) is 0 Å². The maximum absolute atomic E-state index is 11.7. The van der Waals surface area contributed by atoms with Crippen molar-refractivity contribution in [2.45, 2.75) is 13.0 Å². The molecule has 1 unspecified atom stereocenters. The van der Waals surface area contributed by atoms with Crippen LogP contribution in [0.15, 0.2) is 30.3 Å². The number of amides is 1. The Morgan fingerprint density at radius 1 is 1.41 bits per heavy atom. The van der Waals surface area contributed by atoms with Crippen molar-refractivity contribution < 1.29 is 9.53 Å². The van der Waals surface area contributed by atoms with Crippen molar-refractivity contribution in [2.24, 2.45) is 11.7 Å². The van der Waals surface area contributed by atoms with E-state index in [9.17, 15) is 4.79 Å². The minimum atomic E-state index is -0.232. The van der Waals surface area contributed by atoms with Gasteiger partial charge in [0.15, 0.2) is 0 Å². The monoisotopic (exact) mass is 234 g/mol. The first-order chi connectivity index (χ1) is 8.29. The first kappa shape index (κ1) is 11.9. The van der Waals surface area contributed by atoms with Crippen LogP contribution in [0.4, 0.5) is 4.79 Å². The van der Waals surface area contributed by atoms with E-state index in [1.807, 2.05) is 30.3 Å². The van der Waals surface area contributed by atoms with Crippen LogP contribution in [0.1, 0.15) is 12.0 Å². The number of nitrogens with two attached hydrogens (primary N) is 1. The van der Waals surface area contributed by atoms with Crippen molar-refractivity contribution in [2.75, 3.05) is 19.6 Å². The van der Waals surface area contributed by atoms with Crippen LogP contribution in [-0.4, -0.2) is 30.6 Å². The smallest absolute Gasteiger partial charge is 0.410 e. The van der Waals surface area contributed by atoms with Crippen LogP contribution in [0.5, 0.6) is 0 Å². The number of ether oxygens (including phenoxy) is 1. The predicted octanol–water partition coefficient (Wildman–Crippen LogP) is 1.60. The molecule has 17 heavy (non-hydrogen) atoms. The molecule has 1 aliphatic heterocycles. The van der Waals surface area contributed by atoms with Crippen LogP contribution in [0.2, 0.25) is 0 Å². The molecule has 2 N–H and O–H groups in total. The highest BCUT2D eigenvalue weighted by molar-refractivity contribution is 5.68. The van der Waals surface area contributed by atoms with Crippen molar-refractivity contribution in [1.29, 1.82) is 0 Å². The third-order valence-electron chi connectivity index (χ3n) is 3.08. The van der Waals surface area contributed by atoms with Gasteiger partial charge in [0.05, 0.1) is 0 Å². The van der Waals surface area contributed by atoms with Crippen molar-refractivity contribution in [3.05, 3.63) is 35.9 Å². The quantitative estimate of drug-likeness (QED) is 0.864. The molecule has 0 spiro atoms. The average Bonchev–Trinajstić information content (AvgIpc) is 2.86. The first-order valence-electron chi connectivity index (χ1n) is 5.95. The minimum Gasteiger partial charge on any atom is -0.445 e. The molecular formula is C13H18N2O2. The molecule has 1 fully saturated rings. The summed E-state index contributed by atoms with van der Waals surface area (Å²) in [5, 5.41) is 0. The molecule has 1 saturated heterocycles. The van der Waals surface area contributed by atoms with Crippen molar-refractivity contribution >= 4 is 6.09 Å². The lowest BCUT2D eigenvalue weighted by molar-refractivity contribution is 0.103. The largest absolute Gasteiger partial charge is 0.445 e. The Bertz CT molecular complexity index is 367. The Kier molecular flexibility index (Phi) is 3.98. The fourth-order valence-corrected chi connectivity index (χ4v) is 2.00. The molecule has 1 aliphatic rings. The zero-order valence-corrected chi connectivity index (χ0v) is 9.84. The molecule has 1 heterocycles. The van der Waals surface area contributed by atoms with Gasteiger partial charge in [-0.3, -0.25) is 0 Å². The normalized spacial score (nSPS) is 19.4. The van der Waals surface area contributed by atoms with Gasteiger partial charge in [0.2, 0.25) is 0 Å². The summed E-state index contributed by atoms with van der Waals surface area (Å²) in [7, 11) is 0. The highest BCUT2D eigenvalue weighted by Crippen LogP contribution is 2.16. The number of carbonyl (C=O) groups is 1. The van der Waals surface area contributed by atoms with Crippen LogP contribution in [-0.2, 0) is 11.3 Å². The van der Waals surface area contributed by atoms with Crippen molar-refractivity contribution in [3.8, 4) is 0 Å². The molecular weight excluding hydrogens is 216 g/mol. The van der Waals surface area contributed by atoms with Crippen LogP contribution in [0.25, 0.3) is 0 Å². The molecule has 1 aromatic rings. The van der Waals surface area contributed by atoms with Crippen LogP contribution < -0.4 is 5.73 Å². The van der Waals surface area contributed by atoms with Gasteiger partial charge in [-0.1, -0.05) is 30.3 Å². The number of hydrogen-bond acceptors (Lipinski definition) is 3. The summed E-state index contributed by atoms with van der Waals surface area (Å²) in [5.41, 5.74) is 6.59. The SMILES string of the molecule is NCC1CCN(C(=O)OCc2ccccc2)C1. The number of likely N-dealkylation sites (tertiary alicyclic amines) is 1. The van der Waals surface area contributed by atoms with E-state index in [2.05, 4.69) is 0 Å². The number of hydrogen-bond donors (Lipinski definition) is 1. The third-order valence-corrected chi connectivity index (χ3v) is 3.08. The van der Waals surface area contributed by atoms with Gasteiger partial charge in [0.1, 0.15) is 6.61 Å². The van der Waals surface area contributed by atoms with Crippen LogP contribution >= 0.6 is 0 Å². The fraction of sp³-hybridized carbons (Fsp3) is 0.462. The highest BCUT2D eigenvalue weighted by atomic mass is 16.6. The summed E-state index contributed by atoms with van der Waals surface area (Å²) >= 11 is 0. The molecule has 1 amide bonds. The van der Waals surface area contributed by atoms with Gasteiger partial charge in [-0.05, 0) is 24.4 Å². The Hall–Kier alpha value is -1.55. The van der Waals surface area contributed by atoms with Crippen LogP contribution in [0, 0.1) is 5.92 Å². The molecule has 0 bridgehead atoms. The summed E-state index contributed by atoms with van der Waals surface area (Å²) in [6.07, 6.45) is 0.751. The molecule has 92 valence electrons. The van der Waals surface area contributed by atoms with Gasteiger partial charge >= 0.3 is 6.09 Å². The number of nitrogens with zero attached hydrogens (tertiary/aromatic N) is 1. The molecule has 4 heteroatoms. The van der Waals surface area contributed by atoms with E-state index in [0.717, 1.165) is 25.1 Å². The van der Waals surface area contributed by atoms with Gasteiger partial charge in [0, 0.05) is 13.1 Å². The lowest BCUT2D eigenvalue weighted by atomic mass is 10.1. The molecule has 4 nitrogen and oxygen atoms in total. The average molecular weight is 234 g/mol. The highest BCUT2D eigenvalue weighted by Gasteiger charge is 2.26. The summed E-state index contributed by atoms with van der Waals surface area (Å²) < 4.78 is 5.25. The van der Waals surface area contributed by atoms with E-state index < -0.39 is 0 Å². The Labute approximate surface area is 101 Å². The van der Waals surface area contributed by atoms with Crippen molar-refractivity contribution in [1.82, 2.24) is 4.90 Å². The number of benzene rings is 1. The lowest BCUT2D eigenvalue weighted by Crippen LogP contribution is -2.30. The zero-order chi connectivity index (χ0) is 12.1. The van der Waals surface area contributed by atoms with E-state index >= 15 is 0 Å². The third kappa shape index (κ3) is 3.20. The van der Waals surface area contributed by atoms with E-state index in [1.54, 1.807) is 4.90 Å². The van der Waals surface area contributed by atoms with Gasteiger partial charge in [-0.15, -0.1) is 0 Å². The van der Waals surface area contributed by atoms with E-state index in [1.165, 1.54) is 0 Å².